The molecule has 26 heteroatoms. The number of carbonyl (C=O) groups is 4. The number of fused-ring (bicyclic) bond motifs is 1. The van der Waals surface area contributed by atoms with Crippen LogP contribution in [0.3, 0.4) is 0 Å². The van der Waals surface area contributed by atoms with Crippen molar-refractivity contribution in [3.05, 3.63) is 27.4 Å². The Balaban J connectivity index is 0.000000804. The number of aliphatic carboxylic acids is 2. The third-order valence-electron chi connectivity index (χ3n) is 5.73. The fourth-order valence-corrected chi connectivity index (χ4v) is 8.58. The molecule has 0 unspecified atom stereocenters. The first kappa shape index (κ1) is 38.6. The van der Waals surface area contributed by atoms with Crippen LogP contribution in [0.4, 0.5) is 18.3 Å². The highest BCUT2D eigenvalue weighted by Crippen LogP contribution is 2.46. The summed E-state index contributed by atoms with van der Waals surface area (Å²) in [6, 6.07) is -1.01. The van der Waals surface area contributed by atoms with Crippen LogP contribution in [0.25, 0.3) is 0 Å². The minimum Gasteiger partial charge on any atom is -0.477 e. The Bertz CT molecular complexity index is 1600. The Labute approximate surface area is 289 Å². The van der Waals surface area contributed by atoms with E-state index in [1.165, 1.54) is 28.9 Å². The van der Waals surface area contributed by atoms with Gasteiger partial charge in [0.15, 0.2) is 16.8 Å². The molecule has 2 amide bonds. The fourth-order valence-electron chi connectivity index (χ4n) is 3.67. The van der Waals surface area contributed by atoms with E-state index in [1.54, 1.807) is 11.8 Å². The number of amides is 2. The molecule has 2 atom stereocenters. The molecule has 0 aliphatic carbocycles. The molecule has 2 aromatic rings. The van der Waals surface area contributed by atoms with Gasteiger partial charge in [0.2, 0.25) is 0 Å². The monoisotopic (exact) mass is 773 g/mol. The van der Waals surface area contributed by atoms with Gasteiger partial charge in [0.1, 0.15) is 27.0 Å². The van der Waals surface area contributed by atoms with E-state index in [0.717, 1.165) is 50.0 Å². The van der Waals surface area contributed by atoms with Gasteiger partial charge in [0, 0.05) is 40.6 Å². The number of hydrogen-bond donors (Lipinski definition) is 8. The highest BCUT2D eigenvalue weighted by molar-refractivity contribution is 8.07. The molecule has 11 N–H and O–H groups in total. The summed E-state index contributed by atoms with van der Waals surface area (Å²) in [4.78, 5) is 56.3. The highest BCUT2D eigenvalue weighted by Gasteiger charge is 2.54. The molecule has 1 fully saturated rings. The SMILES string of the molecule is NC(N)=NCCNCCSCc1nnsc1SC1=C(C(=O)O)N2C(=O)[C@@H](NC(=O)/C(=N\O)c3csc(N)n3)[C@H]2SC1.O=C(O)C(F)(F)F. The number of thioether (sulfide) groups is 3. The molecule has 18 nitrogen and oxygen atoms in total. The lowest BCUT2D eigenvalue weighted by Crippen LogP contribution is -2.71. The molecule has 1 saturated heterocycles. The third-order valence-corrected chi connectivity index (χ3v) is 10.9. The van der Waals surface area contributed by atoms with E-state index in [0.29, 0.717) is 29.5 Å². The van der Waals surface area contributed by atoms with Gasteiger partial charge in [-0.3, -0.25) is 19.5 Å². The van der Waals surface area contributed by atoms with Crippen molar-refractivity contribution in [2.45, 2.75) is 27.6 Å². The van der Waals surface area contributed by atoms with Gasteiger partial charge in [-0.25, -0.2) is 14.6 Å². The number of anilines is 1. The number of thiazole rings is 1. The first-order chi connectivity index (χ1) is 22.6. The molecule has 2 aliphatic heterocycles. The van der Waals surface area contributed by atoms with Crippen LogP contribution < -0.4 is 27.8 Å². The lowest BCUT2D eigenvalue weighted by molar-refractivity contribution is -0.192. The Hall–Kier alpha value is -3.85. The zero-order valence-corrected chi connectivity index (χ0v) is 28.1. The number of carboxylic acid groups (broad SMARTS) is 2. The number of guanidine groups is 1. The van der Waals surface area contributed by atoms with Gasteiger partial charge < -0.3 is 43.3 Å². The molecule has 4 heterocycles. The molecule has 0 aromatic carbocycles. The molecule has 0 bridgehead atoms. The predicted octanol–water partition coefficient (Wildman–Crippen LogP) is -0.0270. The van der Waals surface area contributed by atoms with E-state index < -0.39 is 47.1 Å². The number of rotatable bonds is 14. The van der Waals surface area contributed by atoms with E-state index in [2.05, 4.69) is 35.4 Å². The maximum Gasteiger partial charge on any atom is 0.490 e. The first-order valence-corrected chi connectivity index (χ1v) is 17.6. The van der Waals surface area contributed by atoms with Gasteiger partial charge in [-0.05, 0) is 11.5 Å². The molecule has 2 aromatic heterocycles. The zero-order valence-electron chi connectivity index (χ0n) is 24.0. The number of hydrogen-bond acceptors (Lipinski definition) is 17. The normalized spacial score (nSPS) is 17.5. The highest BCUT2D eigenvalue weighted by atomic mass is 32.2. The van der Waals surface area contributed by atoms with E-state index in [4.69, 9.17) is 27.1 Å². The molecule has 0 radical (unpaired) electrons. The number of nitrogen functional groups attached to an aromatic ring is 1. The van der Waals surface area contributed by atoms with Crippen molar-refractivity contribution < 1.29 is 47.8 Å². The second-order valence-electron chi connectivity index (χ2n) is 8.98. The number of alkyl halides is 3. The minimum atomic E-state index is -5.08. The molecule has 4 rings (SSSR count). The number of aliphatic imine (C=N–C) groups is 1. The molecule has 2 aliphatic rings. The lowest BCUT2D eigenvalue weighted by atomic mass is 10.0. The summed E-state index contributed by atoms with van der Waals surface area (Å²) in [6.45, 7) is 1.89. The summed E-state index contributed by atoms with van der Waals surface area (Å²) in [6.07, 6.45) is -5.08. The Morgan fingerprint density at radius 2 is 1.92 bits per heavy atom. The average molecular weight is 774 g/mol. The van der Waals surface area contributed by atoms with Gasteiger partial charge in [0.25, 0.3) is 11.8 Å². The summed E-state index contributed by atoms with van der Waals surface area (Å²) >= 11 is 6.40. The van der Waals surface area contributed by atoms with Crippen LogP contribution >= 0.6 is 58.2 Å². The van der Waals surface area contributed by atoms with Gasteiger partial charge >= 0.3 is 18.1 Å². The number of aromatic nitrogens is 3. The van der Waals surface area contributed by atoms with Crippen LogP contribution in [0.2, 0.25) is 0 Å². The van der Waals surface area contributed by atoms with Crippen molar-refractivity contribution in [1.29, 1.82) is 0 Å². The van der Waals surface area contributed by atoms with Crippen LogP contribution in [-0.2, 0) is 24.9 Å². The van der Waals surface area contributed by atoms with Crippen molar-refractivity contribution in [1.82, 2.24) is 30.1 Å². The molecule has 0 saturated carbocycles. The summed E-state index contributed by atoms with van der Waals surface area (Å²) < 4.78 is 36.5. The number of nitrogens with zero attached hydrogens (tertiary/aromatic N) is 6. The smallest absolute Gasteiger partial charge is 0.477 e. The topological polar surface area (TPSA) is 298 Å². The van der Waals surface area contributed by atoms with Crippen LogP contribution in [0.1, 0.15) is 11.4 Å². The van der Waals surface area contributed by atoms with Crippen molar-refractivity contribution in [2.24, 2.45) is 21.6 Å². The van der Waals surface area contributed by atoms with Crippen LogP contribution in [0.15, 0.2) is 30.3 Å². The third kappa shape index (κ3) is 10.3. The summed E-state index contributed by atoms with van der Waals surface area (Å²) in [5.74, 6) is -3.71. The standard InChI is InChI=1S/C20H25N11O5S5.C2HF3O2/c21-19(22)25-2-1-24-3-4-37-5-9-18(41-30-28-9)40-10-7-38-16-12(15(33)31(16)13(10)17(34)35)27-14(32)11(29-36)8-6-39-20(23)26-8;3-2(4,5)1(6)7/h6,12,16,24,36H,1-5,7H2,(H2,23,26)(H,27,32)(H,34,35)(H4,21,22,25);(H,6,7)/b29-11-;/t12-,16-;/m1./s1. The van der Waals surface area contributed by atoms with E-state index in [1.807, 2.05) is 0 Å². The lowest BCUT2D eigenvalue weighted by Gasteiger charge is -2.49. The van der Waals surface area contributed by atoms with Gasteiger partial charge in [-0.2, -0.15) is 24.9 Å². The fraction of sp³-hybridized carbons (Fsp3) is 0.409. The molecule has 0 spiro atoms. The summed E-state index contributed by atoms with van der Waals surface area (Å²) in [7, 11) is 0. The van der Waals surface area contributed by atoms with E-state index >= 15 is 0 Å². The van der Waals surface area contributed by atoms with E-state index in [9.17, 15) is 37.9 Å². The Kier molecular flexibility index (Phi) is 14.1. The van der Waals surface area contributed by atoms with Crippen molar-refractivity contribution in [2.75, 3.05) is 36.9 Å². The molecule has 48 heavy (non-hydrogen) atoms. The van der Waals surface area contributed by atoms with Crippen molar-refractivity contribution >= 4 is 98.7 Å². The number of halogens is 3. The molecular weight excluding hydrogens is 748 g/mol. The van der Waals surface area contributed by atoms with E-state index in [-0.39, 0.29) is 22.5 Å². The number of nitrogens with one attached hydrogen (secondary N) is 2. The Morgan fingerprint density at radius 3 is 2.50 bits per heavy atom. The largest absolute Gasteiger partial charge is 0.490 e. The maximum atomic E-state index is 13.0. The average Bonchev–Trinajstić information content (AvgIpc) is 3.65. The predicted molar refractivity (Wildman–Crippen MR) is 174 cm³/mol. The number of nitrogens with two attached hydrogens (primary N) is 3. The molecule has 262 valence electrons. The van der Waals surface area contributed by atoms with Crippen molar-refractivity contribution in [3.8, 4) is 0 Å². The van der Waals surface area contributed by atoms with Crippen LogP contribution in [0, 0.1) is 0 Å². The number of oxime groups is 1. The van der Waals surface area contributed by atoms with Crippen LogP contribution in [-0.4, -0.2) is 119 Å². The Morgan fingerprint density at radius 1 is 1.21 bits per heavy atom. The quantitative estimate of drug-likeness (QED) is 0.0312. The first-order valence-electron chi connectivity index (χ1n) is 12.9. The second-order valence-corrected chi connectivity index (χ2v) is 14.2. The molecular formula is C22H26F3N11O7S5. The summed E-state index contributed by atoms with van der Waals surface area (Å²) in [5, 5.41) is 40.3. The minimum absolute atomic E-state index is 0.0563. The van der Waals surface area contributed by atoms with Crippen LogP contribution in [0.5, 0.6) is 0 Å². The zero-order chi connectivity index (χ0) is 35.6. The van der Waals surface area contributed by atoms with Crippen molar-refractivity contribution in [3.63, 3.8) is 0 Å². The number of carbonyl (C=O) groups excluding carboxylic acids is 2. The van der Waals surface area contributed by atoms with Gasteiger partial charge in [-0.1, -0.05) is 21.4 Å². The number of carboxylic acids is 2. The number of β-lactam (4-membered cyclic amide) rings is 1. The second kappa shape index (κ2) is 17.5. The maximum absolute atomic E-state index is 13.0. The van der Waals surface area contributed by atoms with Gasteiger partial charge in [0.05, 0.1) is 12.2 Å². The summed E-state index contributed by atoms with van der Waals surface area (Å²) in [5.41, 5.74) is 16.4. The van der Waals surface area contributed by atoms with Gasteiger partial charge in [-0.15, -0.1) is 28.2 Å².